The second-order valence-corrected chi connectivity index (χ2v) is 4.62. The van der Waals surface area contributed by atoms with Crippen molar-refractivity contribution in [3.05, 3.63) is 35.9 Å². The summed E-state index contributed by atoms with van der Waals surface area (Å²) in [6, 6.07) is 8.28. The highest BCUT2D eigenvalue weighted by Gasteiger charge is 2.20. The van der Waals surface area contributed by atoms with Crippen molar-refractivity contribution in [2.24, 2.45) is 5.73 Å². The zero-order valence-electron chi connectivity index (χ0n) is 11.2. The number of carboxylic acids is 2. The van der Waals surface area contributed by atoms with Gasteiger partial charge >= 0.3 is 11.9 Å². The number of rotatable bonds is 4. The highest BCUT2D eigenvalue weighted by atomic mass is 16.4. The topological polar surface area (TPSA) is 113 Å². The fraction of sp³-hybridized carbons (Fsp3) is 0.429. The molecule has 0 spiro atoms. The van der Waals surface area contributed by atoms with Crippen LogP contribution in [0.4, 0.5) is 0 Å². The fourth-order valence-corrected chi connectivity index (χ4v) is 1.85. The Balaban J connectivity index is 0.000000217. The van der Waals surface area contributed by atoms with Gasteiger partial charge in [-0.2, -0.15) is 0 Å². The second kappa shape index (κ2) is 8.29. The average molecular weight is 280 g/mol. The van der Waals surface area contributed by atoms with Gasteiger partial charge < -0.3 is 21.3 Å². The van der Waals surface area contributed by atoms with Gasteiger partial charge in [0.05, 0.1) is 0 Å². The van der Waals surface area contributed by atoms with Crippen LogP contribution in [-0.4, -0.2) is 40.8 Å². The molecule has 1 fully saturated rings. The van der Waals surface area contributed by atoms with E-state index in [9.17, 15) is 9.59 Å². The van der Waals surface area contributed by atoms with E-state index in [-0.39, 0.29) is 6.04 Å². The summed E-state index contributed by atoms with van der Waals surface area (Å²) >= 11 is 0. The van der Waals surface area contributed by atoms with Crippen molar-refractivity contribution in [1.29, 1.82) is 0 Å². The predicted molar refractivity (Wildman–Crippen MR) is 74.4 cm³/mol. The zero-order chi connectivity index (χ0) is 15.0. The van der Waals surface area contributed by atoms with Crippen LogP contribution < -0.4 is 11.1 Å². The monoisotopic (exact) mass is 280 g/mol. The van der Waals surface area contributed by atoms with E-state index in [1.165, 1.54) is 0 Å². The maximum Gasteiger partial charge on any atom is 0.320 e. The molecule has 110 valence electrons. The molecule has 5 N–H and O–H groups in total. The van der Waals surface area contributed by atoms with Gasteiger partial charge in [-0.05, 0) is 31.4 Å². The summed E-state index contributed by atoms with van der Waals surface area (Å²) in [6.07, 6.45) is 2.17. The highest BCUT2D eigenvalue weighted by molar-refractivity contribution is 5.74. The molecule has 1 heterocycles. The van der Waals surface area contributed by atoms with Crippen LogP contribution in [0.25, 0.3) is 0 Å². The van der Waals surface area contributed by atoms with Crippen LogP contribution in [0.2, 0.25) is 0 Å². The van der Waals surface area contributed by atoms with Crippen LogP contribution in [0.3, 0.4) is 0 Å². The van der Waals surface area contributed by atoms with Crippen LogP contribution in [0.1, 0.15) is 18.4 Å². The van der Waals surface area contributed by atoms with E-state index in [0.717, 1.165) is 24.9 Å². The Kier molecular flexibility index (Phi) is 6.69. The molecule has 0 saturated carbocycles. The largest absolute Gasteiger partial charge is 0.480 e. The molecule has 1 saturated heterocycles. The molecule has 6 heteroatoms. The molecule has 0 bridgehead atoms. The molecule has 1 aromatic carbocycles. The highest BCUT2D eigenvalue weighted by Crippen LogP contribution is 2.03. The van der Waals surface area contributed by atoms with Crippen LogP contribution in [0, 0.1) is 0 Å². The Morgan fingerprint density at radius 2 is 1.95 bits per heavy atom. The Bertz CT molecular complexity index is 430. The minimum absolute atomic E-state index is 0.269. The first kappa shape index (κ1) is 16.1. The number of hydrogen-bond donors (Lipinski definition) is 4. The van der Waals surface area contributed by atoms with E-state index in [1.807, 2.05) is 30.3 Å². The quantitative estimate of drug-likeness (QED) is 0.637. The standard InChI is InChI=1S/C9H11NO2.C5H9NO2/c10-8(9(11)12)6-7-4-2-1-3-5-7;7-5(8)4-2-1-3-6-4/h1-5,8H,6,10H2,(H,11,12);4,6H,1-3H2,(H,7,8)/t8-;/m0./s1. The third kappa shape index (κ3) is 5.81. The number of aliphatic carboxylic acids is 2. The summed E-state index contributed by atoms with van der Waals surface area (Å²) in [4.78, 5) is 20.5. The summed E-state index contributed by atoms with van der Waals surface area (Å²) in [5, 5.41) is 19.7. The minimum Gasteiger partial charge on any atom is -0.480 e. The maximum absolute atomic E-state index is 10.4. The lowest BCUT2D eigenvalue weighted by Gasteiger charge is -2.04. The number of nitrogens with one attached hydrogen (secondary N) is 1. The molecule has 0 radical (unpaired) electrons. The van der Waals surface area contributed by atoms with E-state index in [0.29, 0.717) is 6.42 Å². The lowest BCUT2D eigenvalue weighted by molar-refractivity contribution is -0.139. The second-order valence-electron chi connectivity index (χ2n) is 4.62. The molecule has 0 aliphatic carbocycles. The lowest BCUT2D eigenvalue weighted by Crippen LogP contribution is -2.32. The lowest BCUT2D eigenvalue weighted by atomic mass is 10.1. The molecular weight excluding hydrogens is 260 g/mol. The van der Waals surface area contributed by atoms with Gasteiger partial charge in [0.1, 0.15) is 12.1 Å². The summed E-state index contributed by atoms with van der Waals surface area (Å²) in [7, 11) is 0. The molecule has 0 amide bonds. The Labute approximate surface area is 117 Å². The number of carbonyl (C=O) groups is 2. The van der Waals surface area contributed by atoms with Gasteiger partial charge in [-0.15, -0.1) is 0 Å². The van der Waals surface area contributed by atoms with Crippen molar-refractivity contribution >= 4 is 11.9 Å². The number of benzene rings is 1. The zero-order valence-corrected chi connectivity index (χ0v) is 11.2. The van der Waals surface area contributed by atoms with Crippen molar-refractivity contribution in [2.75, 3.05) is 6.54 Å². The average Bonchev–Trinajstić information content (AvgIpc) is 2.94. The van der Waals surface area contributed by atoms with E-state index >= 15 is 0 Å². The third-order valence-corrected chi connectivity index (χ3v) is 2.97. The third-order valence-electron chi connectivity index (χ3n) is 2.97. The number of hydrogen-bond acceptors (Lipinski definition) is 4. The normalized spacial score (nSPS) is 18.8. The smallest absolute Gasteiger partial charge is 0.320 e. The van der Waals surface area contributed by atoms with Crippen molar-refractivity contribution in [3.8, 4) is 0 Å². The molecule has 0 aromatic heterocycles. The first-order valence-electron chi connectivity index (χ1n) is 6.49. The van der Waals surface area contributed by atoms with Crippen molar-refractivity contribution < 1.29 is 19.8 Å². The van der Waals surface area contributed by atoms with Gasteiger partial charge in [-0.3, -0.25) is 9.59 Å². The van der Waals surface area contributed by atoms with Crippen molar-refractivity contribution in [3.63, 3.8) is 0 Å². The first-order chi connectivity index (χ1) is 9.50. The Morgan fingerprint density at radius 3 is 2.35 bits per heavy atom. The fourth-order valence-electron chi connectivity index (χ4n) is 1.85. The van der Waals surface area contributed by atoms with Gasteiger partial charge in [0, 0.05) is 0 Å². The molecule has 1 aliphatic heterocycles. The van der Waals surface area contributed by atoms with E-state index in [1.54, 1.807) is 0 Å². The molecule has 1 unspecified atom stereocenters. The molecule has 2 atom stereocenters. The summed E-state index contributed by atoms with van der Waals surface area (Å²) in [5.74, 6) is -1.68. The Hall–Kier alpha value is -1.92. The van der Waals surface area contributed by atoms with Crippen LogP contribution in [0.5, 0.6) is 0 Å². The van der Waals surface area contributed by atoms with Gasteiger partial charge in [0.2, 0.25) is 0 Å². The van der Waals surface area contributed by atoms with Gasteiger partial charge in [-0.1, -0.05) is 30.3 Å². The maximum atomic E-state index is 10.4. The van der Waals surface area contributed by atoms with Crippen LogP contribution in [-0.2, 0) is 16.0 Å². The number of carboxylic acid groups (broad SMARTS) is 2. The molecular formula is C14H20N2O4. The van der Waals surface area contributed by atoms with Crippen LogP contribution >= 0.6 is 0 Å². The van der Waals surface area contributed by atoms with E-state index in [2.05, 4.69) is 5.32 Å². The van der Waals surface area contributed by atoms with E-state index < -0.39 is 18.0 Å². The Morgan fingerprint density at radius 1 is 1.30 bits per heavy atom. The molecule has 6 nitrogen and oxygen atoms in total. The summed E-state index contributed by atoms with van der Waals surface area (Å²) < 4.78 is 0. The molecule has 20 heavy (non-hydrogen) atoms. The minimum atomic E-state index is -0.959. The SMILES string of the molecule is N[C@@H](Cc1ccccc1)C(=O)O.O=C(O)C1CCCN1. The first-order valence-corrected chi connectivity index (χ1v) is 6.49. The van der Waals surface area contributed by atoms with Crippen LogP contribution in [0.15, 0.2) is 30.3 Å². The summed E-state index contributed by atoms with van der Waals surface area (Å²) in [6.45, 7) is 0.858. The molecule has 1 aliphatic rings. The van der Waals surface area contributed by atoms with Crippen molar-refractivity contribution in [2.45, 2.75) is 31.3 Å². The predicted octanol–water partition coefficient (Wildman–Crippen LogP) is 0.464. The molecule has 2 rings (SSSR count). The van der Waals surface area contributed by atoms with Gasteiger partial charge in [0.25, 0.3) is 0 Å². The van der Waals surface area contributed by atoms with Crippen molar-refractivity contribution in [1.82, 2.24) is 5.32 Å². The number of nitrogens with two attached hydrogens (primary N) is 1. The van der Waals surface area contributed by atoms with E-state index in [4.69, 9.17) is 15.9 Å². The van der Waals surface area contributed by atoms with Gasteiger partial charge in [0.15, 0.2) is 0 Å². The molecule has 1 aromatic rings. The summed E-state index contributed by atoms with van der Waals surface area (Å²) in [5.41, 5.74) is 6.30. The van der Waals surface area contributed by atoms with Gasteiger partial charge in [-0.25, -0.2) is 0 Å².